The Labute approximate surface area is 98.5 Å². The van der Waals surface area contributed by atoms with Gasteiger partial charge in [-0.05, 0) is 18.9 Å². The zero-order valence-corrected chi connectivity index (χ0v) is 9.37. The zero-order chi connectivity index (χ0) is 12.5. The first-order chi connectivity index (χ1) is 8.00. The third kappa shape index (κ3) is 2.46. The highest BCUT2D eigenvalue weighted by Gasteiger charge is 2.46. The molecule has 1 heterocycles. The summed E-state index contributed by atoms with van der Waals surface area (Å²) in [5, 5.41) is 18.8. The van der Waals surface area contributed by atoms with Crippen molar-refractivity contribution in [1.29, 1.82) is 0 Å². The van der Waals surface area contributed by atoms with Crippen LogP contribution in [0.2, 0.25) is 0 Å². The number of carboxylic acid groups (broad SMARTS) is 1. The molecule has 0 saturated carbocycles. The lowest BCUT2D eigenvalue weighted by atomic mass is 9.90. The van der Waals surface area contributed by atoms with Gasteiger partial charge in [0.25, 0.3) is 0 Å². The molecule has 2 N–H and O–H groups in total. The van der Waals surface area contributed by atoms with E-state index in [0.29, 0.717) is 0 Å². The molecule has 0 aliphatic carbocycles. The smallest absolute Gasteiger partial charge is 0.312 e. The highest BCUT2D eigenvalue weighted by Crippen LogP contribution is 2.37. The number of aliphatic hydroxyl groups is 1. The Bertz CT molecular complexity index is 401. The maximum absolute atomic E-state index is 11.1. The lowest BCUT2D eigenvalue weighted by Gasteiger charge is -2.36. The summed E-state index contributed by atoms with van der Waals surface area (Å²) in [5.74, 6) is -3.91. The second-order valence-electron chi connectivity index (χ2n) is 4.26. The summed E-state index contributed by atoms with van der Waals surface area (Å²) in [6.07, 6.45) is -0.302. The topological polar surface area (TPSA) is 76.0 Å². The van der Waals surface area contributed by atoms with E-state index in [-0.39, 0.29) is 6.42 Å². The summed E-state index contributed by atoms with van der Waals surface area (Å²) in [5.41, 5.74) is 0.828. The first-order valence-electron chi connectivity index (χ1n) is 5.35. The van der Waals surface area contributed by atoms with Gasteiger partial charge in [-0.1, -0.05) is 30.3 Å². The Hall–Kier alpha value is -1.43. The number of rotatable bonds is 2. The van der Waals surface area contributed by atoms with Gasteiger partial charge in [0.2, 0.25) is 5.79 Å². The van der Waals surface area contributed by atoms with Gasteiger partial charge >= 0.3 is 5.97 Å². The Morgan fingerprint density at radius 2 is 2.06 bits per heavy atom. The average molecular weight is 238 g/mol. The van der Waals surface area contributed by atoms with E-state index >= 15 is 0 Å². The molecular formula is C12H14O5. The normalized spacial score (nSPS) is 33.3. The van der Waals surface area contributed by atoms with Gasteiger partial charge in [0.05, 0.1) is 0 Å². The summed E-state index contributed by atoms with van der Waals surface area (Å²) >= 11 is 0. The minimum atomic E-state index is -1.79. The van der Waals surface area contributed by atoms with Gasteiger partial charge in [-0.2, -0.15) is 4.89 Å². The Morgan fingerprint density at radius 3 is 2.65 bits per heavy atom. The first kappa shape index (κ1) is 12.0. The van der Waals surface area contributed by atoms with Gasteiger partial charge in [-0.3, -0.25) is 4.79 Å². The lowest BCUT2D eigenvalue weighted by molar-refractivity contribution is -0.469. The zero-order valence-electron chi connectivity index (χ0n) is 9.37. The van der Waals surface area contributed by atoms with Gasteiger partial charge < -0.3 is 10.2 Å². The van der Waals surface area contributed by atoms with Crippen LogP contribution >= 0.6 is 0 Å². The fourth-order valence-corrected chi connectivity index (χ4v) is 1.87. The van der Waals surface area contributed by atoms with Crippen LogP contribution in [-0.4, -0.2) is 22.0 Å². The predicted octanol–water partition coefficient (Wildman–Crippen LogP) is 1.49. The van der Waals surface area contributed by atoms with Crippen molar-refractivity contribution >= 4 is 5.97 Å². The first-order valence-corrected chi connectivity index (χ1v) is 5.35. The van der Waals surface area contributed by atoms with E-state index in [4.69, 9.17) is 14.9 Å². The van der Waals surface area contributed by atoms with Crippen LogP contribution in [0.3, 0.4) is 0 Å². The SMILES string of the molecule is CC1(O)OOC(c2ccccc2)CC1C(=O)O. The largest absolute Gasteiger partial charge is 0.481 e. The van der Waals surface area contributed by atoms with Gasteiger partial charge in [-0.15, -0.1) is 0 Å². The van der Waals surface area contributed by atoms with Crippen molar-refractivity contribution in [2.24, 2.45) is 5.92 Å². The molecule has 0 amide bonds. The molecule has 17 heavy (non-hydrogen) atoms. The summed E-state index contributed by atoms with van der Waals surface area (Å²) < 4.78 is 0. The van der Waals surface area contributed by atoms with Crippen LogP contribution in [0.1, 0.15) is 25.0 Å². The van der Waals surface area contributed by atoms with Gasteiger partial charge in [-0.25, -0.2) is 4.89 Å². The average Bonchev–Trinajstić information content (AvgIpc) is 2.29. The van der Waals surface area contributed by atoms with Crippen molar-refractivity contribution < 1.29 is 24.8 Å². The van der Waals surface area contributed by atoms with Crippen molar-refractivity contribution in [2.75, 3.05) is 0 Å². The number of hydrogen-bond acceptors (Lipinski definition) is 4. The van der Waals surface area contributed by atoms with E-state index in [2.05, 4.69) is 0 Å². The quantitative estimate of drug-likeness (QED) is 0.763. The minimum absolute atomic E-state index is 0.173. The minimum Gasteiger partial charge on any atom is -0.481 e. The molecular weight excluding hydrogens is 224 g/mol. The fourth-order valence-electron chi connectivity index (χ4n) is 1.87. The summed E-state index contributed by atoms with van der Waals surface area (Å²) in [6.45, 7) is 1.28. The van der Waals surface area contributed by atoms with Crippen molar-refractivity contribution in [1.82, 2.24) is 0 Å². The van der Waals surface area contributed by atoms with Crippen molar-refractivity contribution in [3.8, 4) is 0 Å². The molecule has 1 saturated heterocycles. The number of hydrogen-bond donors (Lipinski definition) is 2. The molecule has 1 aromatic carbocycles. The summed E-state index contributed by atoms with van der Waals surface area (Å²) in [7, 11) is 0. The molecule has 1 aliphatic heterocycles. The standard InChI is InChI=1S/C12H14O5/c1-12(15)9(11(13)14)7-10(16-17-12)8-5-3-2-4-6-8/h2-6,9-10,15H,7H2,1H3,(H,13,14). The third-order valence-electron chi connectivity index (χ3n) is 2.90. The molecule has 3 unspecified atom stereocenters. The van der Waals surface area contributed by atoms with Crippen molar-refractivity contribution in [3.05, 3.63) is 35.9 Å². The van der Waals surface area contributed by atoms with E-state index < -0.39 is 23.8 Å². The highest BCUT2D eigenvalue weighted by molar-refractivity contribution is 5.71. The Balaban J connectivity index is 2.18. The van der Waals surface area contributed by atoms with Crippen LogP contribution in [-0.2, 0) is 14.6 Å². The van der Waals surface area contributed by atoms with E-state index in [9.17, 15) is 9.90 Å². The molecule has 5 nitrogen and oxygen atoms in total. The highest BCUT2D eigenvalue weighted by atomic mass is 17.2. The Morgan fingerprint density at radius 1 is 1.41 bits per heavy atom. The van der Waals surface area contributed by atoms with Crippen LogP contribution in [0.25, 0.3) is 0 Å². The van der Waals surface area contributed by atoms with Crippen LogP contribution in [0, 0.1) is 5.92 Å². The number of benzene rings is 1. The summed E-state index contributed by atoms with van der Waals surface area (Å²) in [6, 6.07) is 9.18. The monoisotopic (exact) mass is 238 g/mol. The lowest BCUT2D eigenvalue weighted by Crippen LogP contribution is -2.46. The number of aliphatic carboxylic acids is 1. The van der Waals surface area contributed by atoms with E-state index in [1.165, 1.54) is 6.92 Å². The molecule has 0 spiro atoms. The second-order valence-corrected chi connectivity index (χ2v) is 4.26. The molecule has 1 aliphatic rings. The van der Waals surface area contributed by atoms with Gasteiger partial charge in [0, 0.05) is 0 Å². The van der Waals surface area contributed by atoms with Crippen LogP contribution in [0.5, 0.6) is 0 Å². The van der Waals surface area contributed by atoms with E-state index in [1.807, 2.05) is 30.3 Å². The number of carbonyl (C=O) groups is 1. The van der Waals surface area contributed by atoms with E-state index in [1.54, 1.807) is 0 Å². The molecule has 3 atom stereocenters. The molecule has 0 bridgehead atoms. The van der Waals surface area contributed by atoms with Crippen LogP contribution in [0.4, 0.5) is 0 Å². The molecule has 5 heteroatoms. The second kappa shape index (κ2) is 4.44. The third-order valence-corrected chi connectivity index (χ3v) is 2.90. The van der Waals surface area contributed by atoms with Crippen LogP contribution < -0.4 is 0 Å². The molecule has 1 fully saturated rings. The summed E-state index contributed by atoms with van der Waals surface area (Å²) in [4.78, 5) is 20.9. The van der Waals surface area contributed by atoms with Gasteiger partial charge in [0.15, 0.2) is 0 Å². The van der Waals surface area contributed by atoms with Crippen LogP contribution in [0.15, 0.2) is 30.3 Å². The fraction of sp³-hybridized carbons (Fsp3) is 0.417. The van der Waals surface area contributed by atoms with Crippen molar-refractivity contribution in [3.63, 3.8) is 0 Å². The molecule has 2 rings (SSSR count). The molecule has 1 aromatic rings. The van der Waals surface area contributed by atoms with E-state index in [0.717, 1.165) is 5.56 Å². The predicted molar refractivity (Wildman–Crippen MR) is 57.7 cm³/mol. The molecule has 0 radical (unpaired) electrons. The maximum Gasteiger partial charge on any atom is 0.312 e. The maximum atomic E-state index is 11.1. The van der Waals surface area contributed by atoms with Crippen molar-refractivity contribution in [2.45, 2.75) is 25.2 Å². The molecule has 92 valence electrons. The Kier molecular flexibility index (Phi) is 3.15. The van der Waals surface area contributed by atoms with Gasteiger partial charge in [0.1, 0.15) is 12.0 Å². The number of carboxylic acids is 1. The molecule has 0 aromatic heterocycles.